The van der Waals surface area contributed by atoms with Crippen LogP contribution < -0.4 is 4.74 Å². The average Bonchev–Trinajstić information content (AvgIpc) is 2.60. The number of nitrogens with zero attached hydrogens (tertiary/aromatic N) is 2. The van der Waals surface area contributed by atoms with E-state index in [4.69, 9.17) is 4.74 Å². The monoisotopic (exact) mass is 330 g/mol. The Bertz CT molecular complexity index is 614. The molecule has 130 valence electrons. The van der Waals surface area contributed by atoms with Crippen molar-refractivity contribution in [2.45, 2.75) is 58.8 Å². The Morgan fingerprint density at radius 3 is 2.42 bits per heavy atom. The van der Waals surface area contributed by atoms with Crippen LogP contribution in [0.15, 0.2) is 30.6 Å². The highest BCUT2D eigenvalue weighted by Crippen LogP contribution is 2.24. The van der Waals surface area contributed by atoms with Crippen LogP contribution in [0, 0.1) is 5.82 Å². The molecule has 0 aliphatic carbocycles. The number of unbranched alkanes of at least 4 members (excludes halogenated alkanes) is 5. The first-order valence-electron chi connectivity index (χ1n) is 8.98. The predicted octanol–water partition coefficient (Wildman–Crippen LogP) is 5.58. The second-order valence-corrected chi connectivity index (χ2v) is 5.99. The highest BCUT2D eigenvalue weighted by Gasteiger charge is 2.07. The van der Waals surface area contributed by atoms with Gasteiger partial charge in [0.1, 0.15) is 0 Å². The molecule has 0 saturated carbocycles. The highest BCUT2D eigenvalue weighted by molar-refractivity contribution is 5.59. The molecule has 0 bridgehead atoms. The molecule has 0 fully saturated rings. The molecule has 0 atom stereocenters. The highest BCUT2D eigenvalue weighted by atomic mass is 19.1. The van der Waals surface area contributed by atoms with Gasteiger partial charge in [0.05, 0.1) is 24.2 Å². The van der Waals surface area contributed by atoms with Crippen LogP contribution in [0.5, 0.6) is 5.75 Å². The van der Waals surface area contributed by atoms with Gasteiger partial charge in [-0.15, -0.1) is 0 Å². The third-order valence-corrected chi connectivity index (χ3v) is 4.02. The average molecular weight is 330 g/mol. The molecule has 3 nitrogen and oxygen atoms in total. The number of benzene rings is 1. The normalized spacial score (nSPS) is 10.8. The van der Waals surface area contributed by atoms with Crippen molar-refractivity contribution in [3.8, 4) is 17.0 Å². The van der Waals surface area contributed by atoms with Gasteiger partial charge in [-0.1, -0.05) is 39.0 Å². The number of hydrogen-bond acceptors (Lipinski definition) is 3. The second kappa shape index (κ2) is 10.0. The summed E-state index contributed by atoms with van der Waals surface area (Å²) in [5, 5.41) is 0. The molecule has 0 spiro atoms. The zero-order valence-electron chi connectivity index (χ0n) is 14.7. The number of rotatable bonds is 10. The van der Waals surface area contributed by atoms with Crippen LogP contribution in [0.25, 0.3) is 11.3 Å². The van der Waals surface area contributed by atoms with Crippen molar-refractivity contribution in [1.82, 2.24) is 9.97 Å². The standard InChI is InChI=1S/C20H27FN2O/c1-3-5-6-7-8-9-10-17-14-23-19(15-22-17)16-11-12-20(24-4-2)18(21)13-16/h11-15H,3-10H2,1-2H3. The van der Waals surface area contributed by atoms with Crippen molar-refractivity contribution < 1.29 is 9.13 Å². The number of ether oxygens (including phenoxy) is 1. The quantitative estimate of drug-likeness (QED) is 0.533. The summed E-state index contributed by atoms with van der Waals surface area (Å²) in [4.78, 5) is 8.89. The Balaban J connectivity index is 1.88. The summed E-state index contributed by atoms with van der Waals surface area (Å²) in [7, 11) is 0. The van der Waals surface area contributed by atoms with Gasteiger partial charge >= 0.3 is 0 Å². The smallest absolute Gasteiger partial charge is 0.165 e. The summed E-state index contributed by atoms with van der Waals surface area (Å²) < 4.78 is 19.1. The number of halogens is 1. The fraction of sp³-hybridized carbons (Fsp3) is 0.500. The summed E-state index contributed by atoms with van der Waals surface area (Å²) in [5.41, 5.74) is 2.40. The Hall–Kier alpha value is -1.97. The molecule has 4 heteroatoms. The van der Waals surface area contributed by atoms with Crippen molar-refractivity contribution in [3.63, 3.8) is 0 Å². The van der Waals surface area contributed by atoms with Gasteiger partial charge in [-0.05, 0) is 38.0 Å². The van der Waals surface area contributed by atoms with E-state index >= 15 is 0 Å². The molecule has 2 aromatic rings. The van der Waals surface area contributed by atoms with Crippen LogP contribution >= 0.6 is 0 Å². The van der Waals surface area contributed by atoms with E-state index in [9.17, 15) is 4.39 Å². The minimum atomic E-state index is -0.368. The maximum absolute atomic E-state index is 13.9. The fourth-order valence-corrected chi connectivity index (χ4v) is 2.65. The SMILES string of the molecule is CCCCCCCCc1cnc(-c2ccc(OCC)c(F)c2)cn1. The lowest BCUT2D eigenvalue weighted by Gasteiger charge is -2.07. The number of aromatic nitrogens is 2. The van der Waals surface area contributed by atoms with Crippen LogP contribution in [0.4, 0.5) is 4.39 Å². The lowest BCUT2D eigenvalue weighted by atomic mass is 10.1. The third kappa shape index (κ3) is 5.59. The van der Waals surface area contributed by atoms with Crippen molar-refractivity contribution in [3.05, 3.63) is 42.1 Å². The molecule has 1 aromatic carbocycles. The molecule has 0 aliphatic rings. The first-order chi connectivity index (χ1) is 11.7. The zero-order chi connectivity index (χ0) is 17.2. The summed E-state index contributed by atoms with van der Waals surface area (Å²) in [5.74, 6) is -0.0961. The molecule has 1 heterocycles. The van der Waals surface area contributed by atoms with E-state index in [1.165, 1.54) is 38.2 Å². The van der Waals surface area contributed by atoms with Crippen LogP contribution in [-0.4, -0.2) is 16.6 Å². The number of aryl methyl sites for hydroxylation is 1. The summed E-state index contributed by atoms with van der Waals surface area (Å²) in [6, 6.07) is 4.90. The maximum atomic E-state index is 13.9. The van der Waals surface area contributed by atoms with E-state index in [1.807, 2.05) is 13.0 Å². The van der Waals surface area contributed by atoms with Gasteiger partial charge in [-0.3, -0.25) is 9.97 Å². The van der Waals surface area contributed by atoms with Crippen LogP contribution in [0.2, 0.25) is 0 Å². The molecular formula is C20H27FN2O. The molecule has 0 unspecified atom stereocenters. The second-order valence-electron chi connectivity index (χ2n) is 5.99. The van der Waals surface area contributed by atoms with E-state index in [1.54, 1.807) is 18.5 Å². The number of hydrogen-bond donors (Lipinski definition) is 0. The van der Waals surface area contributed by atoms with Crippen LogP contribution in [-0.2, 0) is 6.42 Å². The van der Waals surface area contributed by atoms with Crippen molar-refractivity contribution in [2.24, 2.45) is 0 Å². The van der Waals surface area contributed by atoms with Gasteiger partial charge < -0.3 is 4.74 Å². The van der Waals surface area contributed by atoms with Gasteiger partial charge in [-0.2, -0.15) is 0 Å². The van der Waals surface area contributed by atoms with E-state index in [0.717, 1.165) is 24.1 Å². The van der Waals surface area contributed by atoms with Gasteiger partial charge in [0.2, 0.25) is 0 Å². The third-order valence-electron chi connectivity index (χ3n) is 4.02. The molecule has 0 saturated heterocycles. The Kier molecular flexibility index (Phi) is 7.66. The molecule has 1 aromatic heterocycles. The molecule has 24 heavy (non-hydrogen) atoms. The zero-order valence-corrected chi connectivity index (χ0v) is 14.7. The topological polar surface area (TPSA) is 35.0 Å². The van der Waals surface area contributed by atoms with Crippen LogP contribution in [0.1, 0.15) is 58.1 Å². The molecule has 0 N–H and O–H groups in total. The minimum Gasteiger partial charge on any atom is -0.491 e. The minimum absolute atomic E-state index is 0.272. The van der Waals surface area contributed by atoms with Crippen molar-refractivity contribution in [1.29, 1.82) is 0 Å². The van der Waals surface area contributed by atoms with Gasteiger partial charge in [-0.25, -0.2) is 4.39 Å². The predicted molar refractivity (Wildman–Crippen MR) is 95.7 cm³/mol. The lowest BCUT2D eigenvalue weighted by Crippen LogP contribution is -1.96. The first-order valence-corrected chi connectivity index (χ1v) is 8.98. The van der Waals surface area contributed by atoms with Gasteiger partial charge in [0.15, 0.2) is 11.6 Å². The first kappa shape index (κ1) is 18.4. The molecular weight excluding hydrogens is 303 g/mol. The van der Waals surface area contributed by atoms with Crippen molar-refractivity contribution in [2.75, 3.05) is 6.61 Å². The molecule has 2 rings (SSSR count). The van der Waals surface area contributed by atoms with Crippen molar-refractivity contribution >= 4 is 0 Å². The Morgan fingerprint density at radius 2 is 1.75 bits per heavy atom. The Morgan fingerprint density at radius 1 is 0.958 bits per heavy atom. The largest absolute Gasteiger partial charge is 0.491 e. The fourth-order valence-electron chi connectivity index (χ4n) is 2.65. The van der Waals surface area contributed by atoms with E-state index in [0.29, 0.717) is 12.3 Å². The lowest BCUT2D eigenvalue weighted by molar-refractivity contribution is 0.321. The maximum Gasteiger partial charge on any atom is 0.165 e. The molecule has 0 radical (unpaired) electrons. The molecule has 0 amide bonds. The summed E-state index contributed by atoms with van der Waals surface area (Å²) in [6.45, 7) is 4.51. The summed E-state index contributed by atoms with van der Waals surface area (Å²) >= 11 is 0. The van der Waals surface area contributed by atoms with Gasteiger partial charge in [0.25, 0.3) is 0 Å². The Labute approximate surface area is 144 Å². The van der Waals surface area contributed by atoms with E-state index in [2.05, 4.69) is 16.9 Å². The van der Waals surface area contributed by atoms with E-state index in [-0.39, 0.29) is 11.6 Å². The summed E-state index contributed by atoms with van der Waals surface area (Å²) in [6.07, 6.45) is 12.1. The van der Waals surface area contributed by atoms with Crippen LogP contribution in [0.3, 0.4) is 0 Å². The molecule has 0 aliphatic heterocycles. The van der Waals surface area contributed by atoms with Gasteiger partial charge in [0, 0.05) is 11.8 Å². The van der Waals surface area contributed by atoms with E-state index < -0.39 is 0 Å².